The number of amides is 1. The molecule has 1 N–H and O–H groups in total. The van der Waals surface area contributed by atoms with Crippen LogP contribution >= 0.6 is 0 Å². The zero-order chi connectivity index (χ0) is 19.6. The van der Waals surface area contributed by atoms with Crippen LogP contribution in [0, 0.1) is 0 Å². The maximum absolute atomic E-state index is 12.5. The number of fused-ring (bicyclic) bond motifs is 1. The van der Waals surface area contributed by atoms with Crippen molar-refractivity contribution in [3.8, 4) is 11.5 Å². The van der Waals surface area contributed by atoms with Crippen LogP contribution < -0.4 is 0 Å². The molecule has 3 heterocycles. The topological polar surface area (TPSA) is 75.0 Å². The molecule has 4 aromatic rings. The van der Waals surface area contributed by atoms with Crippen molar-refractivity contribution in [2.75, 3.05) is 13.1 Å². The number of aromatic nitrogens is 3. The normalized spacial score (nSPS) is 16.8. The van der Waals surface area contributed by atoms with E-state index in [1.165, 1.54) is 5.56 Å². The van der Waals surface area contributed by atoms with E-state index >= 15 is 0 Å². The van der Waals surface area contributed by atoms with Gasteiger partial charge in [-0.2, -0.15) is 4.98 Å². The lowest BCUT2D eigenvalue weighted by Gasteiger charge is -2.15. The first-order chi connectivity index (χ1) is 14.3. The fraction of sp³-hybridized carbons (Fsp3) is 0.261. The lowest BCUT2D eigenvalue weighted by atomic mass is 10.1. The Hall–Kier alpha value is -3.41. The first-order valence-corrected chi connectivity index (χ1v) is 10.00. The standard InChI is InChI=1S/C23H22N4O2/c28-21-14-17(15-27(21)13-5-8-16-6-2-1-3-7-16)22-25-23(29-26-22)19-9-4-10-20-18(19)11-12-24-20/h1-4,6-7,9-12,17,24H,5,8,13-15H2. The summed E-state index contributed by atoms with van der Waals surface area (Å²) in [4.78, 5) is 22.2. The van der Waals surface area contributed by atoms with E-state index in [0.29, 0.717) is 24.7 Å². The lowest BCUT2D eigenvalue weighted by Crippen LogP contribution is -2.26. The third-order valence-corrected chi connectivity index (χ3v) is 5.58. The SMILES string of the molecule is O=C1CC(c2noc(-c3cccc4[nH]ccc34)n2)CN1CCCc1ccccc1. The average molecular weight is 386 g/mol. The number of benzene rings is 2. The largest absolute Gasteiger partial charge is 0.361 e. The van der Waals surface area contributed by atoms with E-state index in [4.69, 9.17) is 4.52 Å². The van der Waals surface area contributed by atoms with Gasteiger partial charge in [-0.3, -0.25) is 4.79 Å². The Labute approximate surface area is 168 Å². The van der Waals surface area contributed by atoms with Crippen molar-refractivity contribution in [3.05, 3.63) is 72.2 Å². The summed E-state index contributed by atoms with van der Waals surface area (Å²) in [5, 5.41) is 5.24. The highest BCUT2D eigenvalue weighted by atomic mass is 16.5. The predicted molar refractivity (Wildman–Crippen MR) is 110 cm³/mol. The minimum atomic E-state index is -0.0119. The molecule has 6 nitrogen and oxygen atoms in total. The molecule has 1 aliphatic heterocycles. The van der Waals surface area contributed by atoms with E-state index < -0.39 is 0 Å². The van der Waals surface area contributed by atoms with E-state index in [1.807, 2.05) is 53.6 Å². The molecule has 1 amide bonds. The van der Waals surface area contributed by atoms with Crippen LogP contribution in [0.25, 0.3) is 22.4 Å². The van der Waals surface area contributed by atoms with Crippen LogP contribution in [0.15, 0.2) is 65.3 Å². The summed E-state index contributed by atoms with van der Waals surface area (Å²) in [7, 11) is 0. The molecule has 6 heteroatoms. The number of nitrogens with one attached hydrogen (secondary N) is 1. The van der Waals surface area contributed by atoms with Gasteiger partial charge in [-0.15, -0.1) is 0 Å². The second-order valence-corrected chi connectivity index (χ2v) is 7.53. The number of aromatic amines is 1. The molecule has 29 heavy (non-hydrogen) atoms. The van der Waals surface area contributed by atoms with Crippen LogP contribution in [0.2, 0.25) is 0 Å². The van der Waals surface area contributed by atoms with Crippen molar-refractivity contribution < 1.29 is 9.32 Å². The molecule has 0 aliphatic carbocycles. The molecule has 5 rings (SSSR count). The van der Waals surface area contributed by atoms with Gasteiger partial charge < -0.3 is 14.4 Å². The van der Waals surface area contributed by atoms with Crippen LogP contribution in [-0.4, -0.2) is 39.0 Å². The maximum atomic E-state index is 12.5. The fourth-order valence-electron chi connectivity index (χ4n) is 4.06. The Balaban J connectivity index is 1.25. The third kappa shape index (κ3) is 3.53. The summed E-state index contributed by atoms with van der Waals surface area (Å²) in [5.41, 5.74) is 3.24. The Morgan fingerprint density at radius 1 is 1.10 bits per heavy atom. The zero-order valence-corrected chi connectivity index (χ0v) is 16.0. The van der Waals surface area contributed by atoms with Crippen molar-refractivity contribution in [2.24, 2.45) is 0 Å². The van der Waals surface area contributed by atoms with E-state index in [9.17, 15) is 4.79 Å². The average Bonchev–Trinajstić information content (AvgIpc) is 3.48. The first kappa shape index (κ1) is 17.7. The molecule has 146 valence electrons. The van der Waals surface area contributed by atoms with Gasteiger partial charge in [0.05, 0.1) is 0 Å². The number of carbonyl (C=O) groups excluding carboxylic acids is 1. The lowest BCUT2D eigenvalue weighted by molar-refractivity contribution is -0.127. The zero-order valence-electron chi connectivity index (χ0n) is 16.0. The number of carbonyl (C=O) groups is 1. The van der Waals surface area contributed by atoms with Gasteiger partial charge >= 0.3 is 0 Å². The Bertz CT molecular complexity index is 1130. The van der Waals surface area contributed by atoms with Gasteiger partial charge in [0.2, 0.25) is 5.91 Å². The first-order valence-electron chi connectivity index (χ1n) is 10.00. The second kappa shape index (κ2) is 7.54. The van der Waals surface area contributed by atoms with Gasteiger partial charge in [-0.05, 0) is 36.6 Å². The third-order valence-electron chi connectivity index (χ3n) is 5.58. The molecule has 0 bridgehead atoms. The van der Waals surface area contributed by atoms with Gasteiger partial charge in [-0.25, -0.2) is 0 Å². The Kier molecular flexibility index (Phi) is 4.60. The van der Waals surface area contributed by atoms with E-state index in [-0.39, 0.29) is 11.8 Å². The Morgan fingerprint density at radius 3 is 2.90 bits per heavy atom. The van der Waals surface area contributed by atoms with Crippen LogP contribution in [0.5, 0.6) is 0 Å². The number of hydrogen-bond acceptors (Lipinski definition) is 4. The minimum absolute atomic E-state index is 0.0119. The summed E-state index contributed by atoms with van der Waals surface area (Å²) in [6, 6.07) is 18.3. The van der Waals surface area contributed by atoms with Crippen LogP contribution in [0.3, 0.4) is 0 Å². The number of H-pyrrole nitrogens is 1. The van der Waals surface area contributed by atoms with Crippen LogP contribution in [0.1, 0.15) is 30.1 Å². The number of rotatable bonds is 6. The van der Waals surface area contributed by atoms with Gasteiger partial charge in [0.25, 0.3) is 5.89 Å². The van der Waals surface area contributed by atoms with Crippen molar-refractivity contribution in [3.63, 3.8) is 0 Å². The summed E-state index contributed by atoms with van der Waals surface area (Å²) < 4.78 is 5.55. The van der Waals surface area contributed by atoms with Crippen molar-refractivity contribution in [1.29, 1.82) is 0 Å². The molecule has 1 unspecified atom stereocenters. The summed E-state index contributed by atoms with van der Waals surface area (Å²) in [6.45, 7) is 1.42. The second-order valence-electron chi connectivity index (χ2n) is 7.53. The monoisotopic (exact) mass is 386 g/mol. The van der Waals surface area contributed by atoms with Gasteiger partial charge in [0.1, 0.15) is 0 Å². The molecule has 0 spiro atoms. The molecule has 1 saturated heterocycles. The van der Waals surface area contributed by atoms with Crippen LogP contribution in [0.4, 0.5) is 0 Å². The molecule has 1 atom stereocenters. The van der Waals surface area contributed by atoms with Crippen molar-refractivity contribution >= 4 is 16.8 Å². The van der Waals surface area contributed by atoms with E-state index in [1.54, 1.807) is 0 Å². The molecule has 2 aromatic heterocycles. The number of nitrogens with zero attached hydrogens (tertiary/aromatic N) is 3. The molecule has 0 radical (unpaired) electrons. The maximum Gasteiger partial charge on any atom is 0.258 e. The number of hydrogen-bond donors (Lipinski definition) is 1. The molecule has 0 saturated carbocycles. The Morgan fingerprint density at radius 2 is 2.00 bits per heavy atom. The van der Waals surface area contributed by atoms with Gasteiger partial charge in [0, 0.05) is 48.1 Å². The van der Waals surface area contributed by atoms with Crippen LogP contribution in [-0.2, 0) is 11.2 Å². The predicted octanol–water partition coefficient (Wildman–Crippen LogP) is 4.17. The molecular formula is C23H22N4O2. The highest BCUT2D eigenvalue weighted by molar-refractivity contribution is 5.92. The smallest absolute Gasteiger partial charge is 0.258 e. The summed E-state index contributed by atoms with van der Waals surface area (Å²) in [6.07, 6.45) is 4.27. The number of likely N-dealkylation sites (tertiary alicyclic amines) is 1. The van der Waals surface area contributed by atoms with Gasteiger partial charge in [0.15, 0.2) is 5.82 Å². The van der Waals surface area contributed by atoms with Crippen molar-refractivity contribution in [2.45, 2.75) is 25.2 Å². The fourth-order valence-corrected chi connectivity index (χ4v) is 4.06. The number of aryl methyl sites for hydroxylation is 1. The quantitative estimate of drug-likeness (QED) is 0.540. The van der Waals surface area contributed by atoms with E-state index in [2.05, 4.69) is 27.3 Å². The molecule has 1 fully saturated rings. The highest BCUT2D eigenvalue weighted by Crippen LogP contribution is 2.31. The van der Waals surface area contributed by atoms with Crippen molar-refractivity contribution in [1.82, 2.24) is 20.0 Å². The molecule has 1 aliphatic rings. The van der Waals surface area contributed by atoms with Gasteiger partial charge in [-0.1, -0.05) is 41.6 Å². The van der Waals surface area contributed by atoms with E-state index in [0.717, 1.165) is 35.9 Å². The summed E-state index contributed by atoms with van der Waals surface area (Å²) >= 11 is 0. The minimum Gasteiger partial charge on any atom is -0.361 e. The molecular weight excluding hydrogens is 364 g/mol. The molecule has 2 aromatic carbocycles. The highest BCUT2D eigenvalue weighted by Gasteiger charge is 2.33. The summed E-state index contributed by atoms with van der Waals surface area (Å²) in [5.74, 6) is 1.27.